The minimum atomic E-state index is 0.351. The first-order chi connectivity index (χ1) is 11.7. The number of hydrogen-bond acceptors (Lipinski definition) is 3. The van der Waals surface area contributed by atoms with Gasteiger partial charge in [-0.15, -0.1) is 0 Å². The Kier molecular flexibility index (Phi) is 7.80. The molecule has 0 saturated heterocycles. The van der Waals surface area contributed by atoms with Crippen LogP contribution in [0, 0.1) is 6.92 Å². The molecular formula is C21H29NO2. The average Bonchev–Trinajstić information content (AvgIpc) is 2.62. The molecule has 0 heterocycles. The maximum absolute atomic E-state index is 5.67. The zero-order chi connectivity index (χ0) is 17.2. The van der Waals surface area contributed by atoms with Crippen LogP contribution in [0.2, 0.25) is 0 Å². The Labute approximate surface area is 146 Å². The van der Waals surface area contributed by atoms with Crippen molar-refractivity contribution in [2.24, 2.45) is 0 Å². The summed E-state index contributed by atoms with van der Waals surface area (Å²) in [5.41, 5.74) is 3.91. The highest BCUT2D eigenvalue weighted by Gasteiger charge is 2.09. The fraction of sp³-hybridized carbons (Fsp3) is 0.429. The minimum absolute atomic E-state index is 0.351. The first kappa shape index (κ1) is 18.5. The third kappa shape index (κ3) is 5.99. The zero-order valence-electron chi connectivity index (χ0n) is 15.0. The Hall–Kier alpha value is -1.84. The van der Waals surface area contributed by atoms with Crippen LogP contribution < -0.4 is 10.1 Å². The van der Waals surface area contributed by atoms with Gasteiger partial charge in [0.05, 0.1) is 6.61 Å². The lowest BCUT2D eigenvalue weighted by Gasteiger charge is -2.18. The average molecular weight is 327 g/mol. The highest BCUT2D eigenvalue weighted by atomic mass is 16.5. The molecule has 0 aliphatic carbocycles. The molecule has 2 rings (SSSR count). The van der Waals surface area contributed by atoms with E-state index in [1.165, 1.54) is 16.7 Å². The molecule has 3 nitrogen and oxygen atoms in total. The molecule has 0 radical (unpaired) electrons. The van der Waals surface area contributed by atoms with Crippen LogP contribution in [-0.2, 0) is 11.3 Å². The van der Waals surface area contributed by atoms with E-state index in [1.807, 2.05) is 19.1 Å². The molecule has 0 spiro atoms. The van der Waals surface area contributed by atoms with Crippen molar-refractivity contribution in [2.45, 2.75) is 39.8 Å². The molecule has 0 aliphatic rings. The fourth-order valence-corrected chi connectivity index (χ4v) is 2.60. The molecule has 2 aromatic rings. The van der Waals surface area contributed by atoms with E-state index in [1.54, 1.807) is 0 Å². The summed E-state index contributed by atoms with van der Waals surface area (Å²) in [7, 11) is 0. The molecule has 1 N–H and O–H groups in total. The summed E-state index contributed by atoms with van der Waals surface area (Å²) >= 11 is 0. The smallest absolute Gasteiger partial charge is 0.119 e. The molecule has 0 aliphatic heterocycles. The molecule has 130 valence electrons. The van der Waals surface area contributed by atoms with Crippen LogP contribution in [0.3, 0.4) is 0 Å². The predicted octanol–water partition coefficient (Wildman–Crippen LogP) is 4.65. The summed E-state index contributed by atoms with van der Waals surface area (Å²) in [6, 6.07) is 17.4. The van der Waals surface area contributed by atoms with Crippen LogP contribution >= 0.6 is 0 Å². The van der Waals surface area contributed by atoms with E-state index >= 15 is 0 Å². The molecule has 3 heteroatoms. The van der Waals surface area contributed by atoms with Gasteiger partial charge in [-0.2, -0.15) is 0 Å². The van der Waals surface area contributed by atoms with Crippen molar-refractivity contribution in [3.63, 3.8) is 0 Å². The van der Waals surface area contributed by atoms with Crippen LogP contribution in [0.25, 0.3) is 0 Å². The van der Waals surface area contributed by atoms with Crippen LogP contribution in [0.5, 0.6) is 5.75 Å². The highest BCUT2D eigenvalue weighted by Crippen LogP contribution is 2.21. The van der Waals surface area contributed by atoms with Crippen LogP contribution in [0.4, 0.5) is 0 Å². The van der Waals surface area contributed by atoms with Gasteiger partial charge in [0, 0.05) is 19.2 Å². The zero-order valence-corrected chi connectivity index (χ0v) is 15.0. The normalized spacial score (nSPS) is 12.1. The van der Waals surface area contributed by atoms with Crippen molar-refractivity contribution >= 4 is 0 Å². The monoisotopic (exact) mass is 327 g/mol. The summed E-state index contributed by atoms with van der Waals surface area (Å²) in [6.07, 6.45) is 1.05. The molecule has 24 heavy (non-hydrogen) atoms. The second-order valence-electron chi connectivity index (χ2n) is 5.94. The van der Waals surface area contributed by atoms with Gasteiger partial charge in [-0.05, 0) is 43.5 Å². The van der Waals surface area contributed by atoms with E-state index in [2.05, 4.69) is 55.6 Å². The molecule has 0 bridgehead atoms. The number of benzene rings is 2. The Balaban J connectivity index is 1.86. The fourth-order valence-electron chi connectivity index (χ4n) is 2.60. The van der Waals surface area contributed by atoms with Gasteiger partial charge in [-0.1, -0.05) is 48.9 Å². The summed E-state index contributed by atoms with van der Waals surface area (Å²) < 4.78 is 11.0. The third-order valence-electron chi connectivity index (χ3n) is 4.06. The molecule has 0 saturated carbocycles. The molecule has 1 atom stereocenters. The first-order valence-corrected chi connectivity index (χ1v) is 8.82. The van der Waals surface area contributed by atoms with Gasteiger partial charge < -0.3 is 14.8 Å². The summed E-state index contributed by atoms with van der Waals surface area (Å²) in [5.74, 6) is 0.895. The largest absolute Gasteiger partial charge is 0.491 e. The summed E-state index contributed by atoms with van der Waals surface area (Å²) in [6.45, 7) is 9.15. The van der Waals surface area contributed by atoms with Gasteiger partial charge in [0.25, 0.3) is 0 Å². The first-order valence-electron chi connectivity index (χ1n) is 8.82. The topological polar surface area (TPSA) is 30.5 Å². The van der Waals surface area contributed by atoms with E-state index < -0.39 is 0 Å². The molecular weight excluding hydrogens is 298 g/mol. The lowest BCUT2D eigenvalue weighted by molar-refractivity contribution is 0.110. The molecule has 0 aromatic heterocycles. The van der Waals surface area contributed by atoms with Crippen molar-refractivity contribution in [2.75, 3.05) is 19.8 Å². The minimum Gasteiger partial charge on any atom is -0.491 e. The standard InChI is InChI=1S/C21H29NO2/c1-4-21(22-16-18-8-6-17(3)7-9-18)19-10-12-20(13-11-19)24-15-14-23-5-2/h6-13,21-22H,4-5,14-16H2,1-3H3. The van der Waals surface area contributed by atoms with E-state index in [0.717, 1.165) is 25.3 Å². The van der Waals surface area contributed by atoms with E-state index in [9.17, 15) is 0 Å². The van der Waals surface area contributed by atoms with Crippen molar-refractivity contribution in [1.82, 2.24) is 5.32 Å². The van der Waals surface area contributed by atoms with E-state index in [4.69, 9.17) is 9.47 Å². The Morgan fingerprint density at radius 3 is 2.25 bits per heavy atom. The Morgan fingerprint density at radius 2 is 1.62 bits per heavy atom. The van der Waals surface area contributed by atoms with E-state index in [0.29, 0.717) is 19.3 Å². The Morgan fingerprint density at radius 1 is 0.917 bits per heavy atom. The van der Waals surface area contributed by atoms with Gasteiger partial charge in [-0.3, -0.25) is 0 Å². The summed E-state index contributed by atoms with van der Waals surface area (Å²) in [4.78, 5) is 0. The SMILES string of the molecule is CCOCCOc1ccc(C(CC)NCc2ccc(C)cc2)cc1. The van der Waals surface area contributed by atoms with Gasteiger partial charge in [0.2, 0.25) is 0 Å². The van der Waals surface area contributed by atoms with Crippen LogP contribution in [0.15, 0.2) is 48.5 Å². The van der Waals surface area contributed by atoms with Gasteiger partial charge in [-0.25, -0.2) is 0 Å². The molecule has 0 fully saturated rings. The maximum Gasteiger partial charge on any atom is 0.119 e. The number of aryl methyl sites for hydroxylation is 1. The highest BCUT2D eigenvalue weighted by molar-refractivity contribution is 5.29. The van der Waals surface area contributed by atoms with Crippen molar-refractivity contribution in [3.05, 3.63) is 65.2 Å². The van der Waals surface area contributed by atoms with Gasteiger partial charge in [0.1, 0.15) is 12.4 Å². The van der Waals surface area contributed by atoms with Crippen molar-refractivity contribution < 1.29 is 9.47 Å². The van der Waals surface area contributed by atoms with Crippen LogP contribution in [0.1, 0.15) is 43.0 Å². The van der Waals surface area contributed by atoms with Gasteiger partial charge in [0.15, 0.2) is 0 Å². The molecule has 1 unspecified atom stereocenters. The number of hydrogen-bond donors (Lipinski definition) is 1. The quantitative estimate of drug-likeness (QED) is 0.644. The second kappa shape index (κ2) is 10.1. The van der Waals surface area contributed by atoms with E-state index in [-0.39, 0.29) is 0 Å². The molecule has 0 amide bonds. The van der Waals surface area contributed by atoms with Gasteiger partial charge >= 0.3 is 0 Å². The predicted molar refractivity (Wildman–Crippen MR) is 99.5 cm³/mol. The number of rotatable bonds is 10. The molecule has 2 aromatic carbocycles. The number of ether oxygens (including phenoxy) is 2. The van der Waals surface area contributed by atoms with Crippen LogP contribution in [-0.4, -0.2) is 19.8 Å². The van der Waals surface area contributed by atoms with Crippen molar-refractivity contribution in [3.8, 4) is 5.75 Å². The lowest BCUT2D eigenvalue weighted by Crippen LogP contribution is -2.20. The Bertz CT molecular complexity index is 578. The number of nitrogens with one attached hydrogen (secondary N) is 1. The summed E-state index contributed by atoms with van der Waals surface area (Å²) in [5, 5.41) is 3.64. The van der Waals surface area contributed by atoms with Crippen molar-refractivity contribution in [1.29, 1.82) is 0 Å². The second-order valence-corrected chi connectivity index (χ2v) is 5.94. The third-order valence-corrected chi connectivity index (χ3v) is 4.06. The lowest BCUT2D eigenvalue weighted by atomic mass is 10.0. The maximum atomic E-state index is 5.67.